The normalized spacial score (nSPS) is 16.8. The number of ether oxygens (including phenoxy) is 1. The summed E-state index contributed by atoms with van der Waals surface area (Å²) < 4.78 is 37.5. The Kier molecular flexibility index (Phi) is 9.48. The molecule has 3 heterocycles. The van der Waals surface area contributed by atoms with Crippen molar-refractivity contribution in [3.63, 3.8) is 0 Å². The Morgan fingerprint density at radius 1 is 1.05 bits per heavy atom. The number of aromatic nitrogens is 2. The molecule has 222 valence electrons. The lowest BCUT2D eigenvalue weighted by molar-refractivity contribution is -0.192. The van der Waals surface area contributed by atoms with Gasteiger partial charge in [-0.3, -0.25) is 14.7 Å². The third kappa shape index (κ3) is 7.85. The highest BCUT2D eigenvalue weighted by atomic mass is 32.1. The number of morpholine rings is 1. The second-order valence-corrected chi connectivity index (χ2v) is 10.6. The molecule has 2 amide bonds. The summed E-state index contributed by atoms with van der Waals surface area (Å²) in [4.78, 5) is 37.8. The number of hydrogen-bond acceptors (Lipinski definition) is 7. The zero-order chi connectivity index (χ0) is 30.4. The van der Waals surface area contributed by atoms with Crippen LogP contribution in [0.5, 0.6) is 0 Å². The number of H-pyrrole nitrogens is 1. The molecular formula is C28H28F3N5O5S. The number of nitrogens with zero attached hydrogens (tertiary/aromatic N) is 2. The molecule has 2 unspecified atom stereocenters. The van der Waals surface area contributed by atoms with E-state index in [1.807, 2.05) is 41.8 Å². The summed E-state index contributed by atoms with van der Waals surface area (Å²) in [5, 5.41) is 22.7. The molecule has 0 saturated carbocycles. The first-order valence-corrected chi connectivity index (χ1v) is 13.7. The third-order valence-electron chi connectivity index (χ3n) is 6.22. The molecule has 10 nitrogen and oxygen atoms in total. The van der Waals surface area contributed by atoms with Gasteiger partial charge in [-0.05, 0) is 67.8 Å². The molecule has 42 heavy (non-hydrogen) atoms. The van der Waals surface area contributed by atoms with Crippen molar-refractivity contribution >= 4 is 51.5 Å². The molecule has 2 aromatic carbocycles. The van der Waals surface area contributed by atoms with Gasteiger partial charge in [-0.1, -0.05) is 6.07 Å². The highest BCUT2D eigenvalue weighted by Crippen LogP contribution is 2.24. The largest absolute Gasteiger partial charge is 0.490 e. The van der Waals surface area contributed by atoms with Gasteiger partial charge in [0.05, 0.1) is 24.3 Å². The van der Waals surface area contributed by atoms with Crippen molar-refractivity contribution in [2.24, 2.45) is 0 Å². The molecule has 2 aromatic heterocycles. The standard InChI is InChI=1S/C26H27N5O3S.C2HF3O2/c1-16-14-31(15-17(2)34-16)20-8-5-18(6-9-20)26(33)28-24-22-12-19(7-10-23(22)29-30-24)25(32)27-13-21-4-3-11-35-21;3-2(4,5)1(6)7/h3-12,16-17H,13-15H2,1-2H3,(H,27,32)(H2,28,29,30,33);(H,6,7). The van der Waals surface area contributed by atoms with Gasteiger partial charge in [0.2, 0.25) is 0 Å². The lowest BCUT2D eigenvalue weighted by Crippen LogP contribution is -2.45. The summed E-state index contributed by atoms with van der Waals surface area (Å²) in [5.41, 5.74) is 2.83. The number of hydrogen-bond donors (Lipinski definition) is 4. The van der Waals surface area contributed by atoms with Crippen LogP contribution in [0, 0.1) is 0 Å². The van der Waals surface area contributed by atoms with E-state index < -0.39 is 12.1 Å². The van der Waals surface area contributed by atoms with Crippen LogP contribution in [0.2, 0.25) is 0 Å². The first kappa shape index (κ1) is 30.5. The van der Waals surface area contributed by atoms with Crippen LogP contribution in [0.3, 0.4) is 0 Å². The lowest BCUT2D eigenvalue weighted by atomic mass is 10.1. The summed E-state index contributed by atoms with van der Waals surface area (Å²) >= 11 is 1.59. The molecule has 1 fully saturated rings. The summed E-state index contributed by atoms with van der Waals surface area (Å²) in [6.45, 7) is 6.24. The Balaban J connectivity index is 0.000000517. The predicted octanol–water partition coefficient (Wildman–Crippen LogP) is 5.05. The topological polar surface area (TPSA) is 137 Å². The minimum Gasteiger partial charge on any atom is -0.475 e. The van der Waals surface area contributed by atoms with Crippen LogP contribution in [0.1, 0.15) is 39.4 Å². The molecule has 4 aromatic rings. The fourth-order valence-electron chi connectivity index (χ4n) is 4.33. The number of aliphatic carboxylic acids is 1. The molecule has 0 spiro atoms. The highest BCUT2D eigenvalue weighted by molar-refractivity contribution is 7.09. The smallest absolute Gasteiger partial charge is 0.475 e. The van der Waals surface area contributed by atoms with Crippen molar-refractivity contribution in [1.29, 1.82) is 0 Å². The van der Waals surface area contributed by atoms with E-state index in [0.717, 1.165) is 29.2 Å². The van der Waals surface area contributed by atoms with E-state index in [-0.39, 0.29) is 24.0 Å². The average molecular weight is 604 g/mol. The number of carbonyl (C=O) groups excluding carboxylic acids is 2. The number of rotatable bonds is 6. The number of halogens is 3. The van der Waals surface area contributed by atoms with E-state index >= 15 is 0 Å². The first-order valence-electron chi connectivity index (χ1n) is 12.8. The minimum atomic E-state index is -5.08. The number of thiophene rings is 1. The van der Waals surface area contributed by atoms with E-state index in [9.17, 15) is 22.8 Å². The number of carboxylic acids is 1. The van der Waals surface area contributed by atoms with Gasteiger partial charge < -0.3 is 25.4 Å². The number of alkyl halides is 3. The number of anilines is 2. The molecule has 1 aliphatic heterocycles. The molecule has 2 atom stereocenters. The molecule has 1 saturated heterocycles. The van der Waals surface area contributed by atoms with Gasteiger partial charge in [0.1, 0.15) is 0 Å². The number of fused-ring (bicyclic) bond motifs is 1. The molecule has 0 radical (unpaired) electrons. The fraction of sp³-hybridized carbons (Fsp3) is 0.286. The van der Waals surface area contributed by atoms with Crippen LogP contribution in [0.25, 0.3) is 10.9 Å². The van der Waals surface area contributed by atoms with Gasteiger partial charge in [-0.25, -0.2) is 4.79 Å². The van der Waals surface area contributed by atoms with E-state index in [4.69, 9.17) is 14.6 Å². The Morgan fingerprint density at radius 3 is 2.29 bits per heavy atom. The van der Waals surface area contributed by atoms with Gasteiger partial charge in [0.15, 0.2) is 5.82 Å². The van der Waals surface area contributed by atoms with Crippen LogP contribution < -0.4 is 15.5 Å². The maximum absolute atomic E-state index is 12.9. The molecule has 4 N–H and O–H groups in total. The number of carbonyl (C=O) groups is 3. The number of amides is 2. The zero-order valence-electron chi connectivity index (χ0n) is 22.6. The molecule has 1 aliphatic rings. The maximum atomic E-state index is 12.9. The minimum absolute atomic E-state index is 0.164. The van der Waals surface area contributed by atoms with E-state index in [2.05, 4.69) is 39.6 Å². The van der Waals surface area contributed by atoms with Gasteiger partial charge in [0, 0.05) is 40.2 Å². The van der Waals surface area contributed by atoms with Crippen molar-refractivity contribution < 1.29 is 37.4 Å². The highest BCUT2D eigenvalue weighted by Gasteiger charge is 2.38. The van der Waals surface area contributed by atoms with E-state index in [1.54, 1.807) is 29.5 Å². The number of aromatic amines is 1. The summed E-state index contributed by atoms with van der Waals surface area (Å²) in [5.74, 6) is -2.81. The second kappa shape index (κ2) is 13.0. The van der Waals surface area contributed by atoms with Gasteiger partial charge in [0.25, 0.3) is 11.8 Å². The molecule has 5 rings (SSSR count). The van der Waals surface area contributed by atoms with Crippen molar-refractivity contribution in [2.45, 2.75) is 38.8 Å². The van der Waals surface area contributed by atoms with Crippen molar-refractivity contribution in [2.75, 3.05) is 23.3 Å². The second-order valence-electron chi connectivity index (χ2n) is 9.56. The van der Waals surface area contributed by atoms with Crippen molar-refractivity contribution in [1.82, 2.24) is 15.5 Å². The Morgan fingerprint density at radius 2 is 1.69 bits per heavy atom. The number of carboxylic acid groups (broad SMARTS) is 1. The summed E-state index contributed by atoms with van der Waals surface area (Å²) in [6.07, 6.45) is -4.75. The maximum Gasteiger partial charge on any atom is 0.490 e. The molecule has 14 heteroatoms. The number of nitrogens with one attached hydrogen (secondary N) is 3. The summed E-state index contributed by atoms with van der Waals surface area (Å²) in [6, 6.07) is 16.7. The van der Waals surface area contributed by atoms with Crippen LogP contribution in [-0.4, -0.2) is 64.6 Å². The van der Waals surface area contributed by atoms with Gasteiger partial charge in [-0.2, -0.15) is 18.3 Å². The Bertz CT molecular complexity index is 1530. The van der Waals surface area contributed by atoms with Gasteiger partial charge in [-0.15, -0.1) is 11.3 Å². The SMILES string of the molecule is CC1CN(c2ccc(C(=O)Nc3n[nH]c4ccc(C(=O)NCc5cccs5)cc34)cc2)CC(C)O1.O=C(O)C(F)(F)F. The van der Waals surface area contributed by atoms with E-state index in [1.165, 1.54) is 0 Å². The quantitative estimate of drug-likeness (QED) is 0.242. The van der Waals surface area contributed by atoms with Crippen LogP contribution in [0.4, 0.5) is 24.7 Å². The summed E-state index contributed by atoms with van der Waals surface area (Å²) in [7, 11) is 0. The third-order valence-corrected chi connectivity index (χ3v) is 7.09. The van der Waals surface area contributed by atoms with E-state index in [0.29, 0.717) is 28.9 Å². The van der Waals surface area contributed by atoms with Gasteiger partial charge >= 0.3 is 12.1 Å². The van der Waals surface area contributed by atoms with Crippen molar-refractivity contribution in [3.8, 4) is 0 Å². The van der Waals surface area contributed by atoms with Crippen molar-refractivity contribution in [3.05, 3.63) is 76.0 Å². The molecule has 0 aliphatic carbocycles. The molecular weight excluding hydrogens is 575 g/mol. The monoisotopic (exact) mass is 603 g/mol. The fourth-order valence-corrected chi connectivity index (χ4v) is 4.97. The van der Waals surface area contributed by atoms with Crippen LogP contribution in [-0.2, 0) is 16.1 Å². The number of benzene rings is 2. The van der Waals surface area contributed by atoms with Crippen LogP contribution in [0.15, 0.2) is 60.0 Å². The van der Waals surface area contributed by atoms with Crippen LogP contribution >= 0.6 is 11.3 Å². The molecule has 0 bridgehead atoms. The first-order chi connectivity index (χ1) is 19.9. The predicted molar refractivity (Wildman–Crippen MR) is 152 cm³/mol. The average Bonchev–Trinajstić information content (AvgIpc) is 3.61. The Labute approximate surface area is 242 Å². The Hall–Kier alpha value is -4.43. The zero-order valence-corrected chi connectivity index (χ0v) is 23.4. The lowest BCUT2D eigenvalue weighted by Gasteiger charge is -2.36.